The molecule has 1 aromatic carbocycles. The van der Waals surface area contributed by atoms with Gasteiger partial charge in [-0.15, -0.1) is 0 Å². The van der Waals surface area contributed by atoms with Gasteiger partial charge in [-0.3, -0.25) is 9.98 Å². The average Bonchev–Trinajstić information content (AvgIpc) is 2.52. The highest BCUT2D eigenvalue weighted by atomic mass is 32.2. The zero-order valence-corrected chi connectivity index (χ0v) is 13.3. The summed E-state index contributed by atoms with van der Waals surface area (Å²) in [7, 11) is 0. The molecule has 4 nitrogen and oxygen atoms in total. The van der Waals surface area contributed by atoms with Crippen LogP contribution < -0.4 is 5.73 Å². The quantitative estimate of drug-likeness (QED) is 0.916. The molecule has 1 aliphatic heterocycles. The van der Waals surface area contributed by atoms with Crippen LogP contribution in [-0.4, -0.2) is 22.4 Å². The van der Waals surface area contributed by atoms with E-state index in [0.717, 1.165) is 26.8 Å². The lowest BCUT2D eigenvalue weighted by Gasteiger charge is -2.12. The number of benzene rings is 1. The summed E-state index contributed by atoms with van der Waals surface area (Å²) in [5.74, 6) is 0.192. The zero-order chi connectivity index (χ0) is 16.2. The summed E-state index contributed by atoms with van der Waals surface area (Å²) in [6.07, 6.45) is 3.62. The highest BCUT2D eigenvalue weighted by Crippen LogP contribution is 2.26. The molecule has 1 aromatic heterocycles. The van der Waals surface area contributed by atoms with Crippen LogP contribution >= 0.6 is 11.8 Å². The zero-order valence-electron chi connectivity index (χ0n) is 12.5. The topological polar surface area (TPSA) is 63.6 Å². The van der Waals surface area contributed by atoms with Gasteiger partial charge < -0.3 is 5.73 Å². The van der Waals surface area contributed by atoms with Crippen molar-refractivity contribution in [2.45, 2.75) is 6.92 Å². The first kappa shape index (κ1) is 15.4. The van der Waals surface area contributed by atoms with Gasteiger partial charge in [0.1, 0.15) is 23.3 Å². The number of halogens is 1. The van der Waals surface area contributed by atoms with Crippen molar-refractivity contribution in [3.8, 4) is 0 Å². The lowest BCUT2D eigenvalue weighted by Crippen LogP contribution is -2.07. The molecule has 0 aliphatic carbocycles. The number of aromatic nitrogens is 1. The number of hydrogen-bond acceptors (Lipinski definition) is 5. The molecule has 2 N–H and O–H groups in total. The molecule has 0 spiro atoms. The van der Waals surface area contributed by atoms with E-state index in [2.05, 4.69) is 15.0 Å². The molecule has 0 saturated carbocycles. The molecule has 0 saturated heterocycles. The molecule has 116 valence electrons. The number of rotatable bonds is 2. The van der Waals surface area contributed by atoms with E-state index in [1.165, 1.54) is 23.9 Å². The Balaban J connectivity index is 1.93. The predicted octanol–water partition coefficient (Wildman–Crippen LogP) is 3.65. The number of nitrogen functional groups attached to an aromatic ring is 1. The summed E-state index contributed by atoms with van der Waals surface area (Å²) < 4.78 is 13.1. The highest BCUT2D eigenvalue weighted by molar-refractivity contribution is 8.17. The molecule has 23 heavy (non-hydrogen) atoms. The van der Waals surface area contributed by atoms with Gasteiger partial charge in [0.2, 0.25) is 0 Å². The van der Waals surface area contributed by atoms with Crippen LogP contribution in [-0.2, 0) is 0 Å². The fourth-order valence-electron chi connectivity index (χ4n) is 2.16. The summed E-state index contributed by atoms with van der Waals surface area (Å²) in [5, 5.41) is 0.797. The summed E-state index contributed by atoms with van der Waals surface area (Å²) >= 11 is 1.53. The molecule has 3 rings (SSSR count). The molecule has 0 amide bonds. The maximum Gasteiger partial charge on any atom is 0.133 e. The van der Waals surface area contributed by atoms with Crippen LogP contribution in [0.2, 0.25) is 0 Å². The molecule has 2 heterocycles. The predicted molar refractivity (Wildman–Crippen MR) is 94.3 cm³/mol. The third kappa shape index (κ3) is 3.65. The molecule has 6 heteroatoms. The molecule has 1 aliphatic rings. The second kappa shape index (κ2) is 6.75. The van der Waals surface area contributed by atoms with Crippen LogP contribution in [0.3, 0.4) is 0 Å². The van der Waals surface area contributed by atoms with Gasteiger partial charge >= 0.3 is 0 Å². The molecule has 0 radical (unpaired) electrons. The van der Waals surface area contributed by atoms with E-state index < -0.39 is 0 Å². The Bertz CT molecular complexity index is 810. The normalized spacial score (nSPS) is 17.4. The Hall–Kier alpha value is -2.47. The van der Waals surface area contributed by atoms with Crippen LogP contribution in [0.1, 0.15) is 18.1 Å². The van der Waals surface area contributed by atoms with Crippen molar-refractivity contribution in [2.24, 2.45) is 9.98 Å². The van der Waals surface area contributed by atoms with Crippen LogP contribution in [0.4, 0.5) is 10.2 Å². The summed E-state index contributed by atoms with van der Waals surface area (Å²) in [4.78, 5) is 14.1. The Labute approximate surface area is 138 Å². The number of anilines is 1. The number of nitrogens with zero attached hydrogens (tertiary/aromatic N) is 3. The number of hydrogen-bond donors (Lipinski definition) is 1. The minimum absolute atomic E-state index is 0.261. The van der Waals surface area contributed by atoms with Gasteiger partial charge in [0.05, 0.1) is 5.71 Å². The van der Waals surface area contributed by atoms with E-state index in [1.807, 2.05) is 25.1 Å². The number of nitrogens with two attached hydrogens (primary N) is 1. The minimum Gasteiger partial charge on any atom is -0.383 e. The van der Waals surface area contributed by atoms with Crippen molar-refractivity contribution in [3.05, 3.63) is 70.5 Å². The van der Waals surface area contributed by atoms with Crippen molar-refractivity contribution in [2.75, 3.05) is 12.4 Å². The third-order valence-corrected chi connectivity index (χ3v) is 4.24. The second-order valence-electron chi connectivity index (χ2n) is 4.95. The lowest BCUT2D eigenvalue weighted by molar-refractivity contribution is 0.628. The molecule has 0 bridgehead atoms. The second-order valence-corrected chi connectivity index (χ2v) is 6.18. The van der Waals surface area contributed by atoms with Crippen molar-refractivity contribution >= 4 is 28.3 Å². The first-order valence-electron chi connectivity index (χ1n) is 7.05. The standard InChI is InChI=1S/C17H15FN4S/c1-11-9-15(12-4-6-13(18)7-5-12)21-10-22-17(23-11)14-3-2-8-20-16(14)19/h2-9H,10H2,1H3,(H2,19,20)/b11-9+,21-15?,22-17?. The fourth-order valence-corrected chi connectivity index (χ4v) is 3.04. The van der Waals surface area contributed by atoms with Crippen LogP contribution in [0.5, 0.6) is 0 Å². The Morgan fingerprint density at radius 2 is 1.91 bits per heavy atom. The number of allylic oxidation sites excluding steroid dienone is 2. The van der Waals surface area contributed by atoms with Gasteiger partial charge in [-0.05, 0) is 59.9 Å². The fraction of sp³-hybridized carbons (Fsp3) is 0.118. The Morgan fingerprint density at radius 1 is 1.13 bits per heavy atom. The number of aliphatic imine (C=N–C) groups is 2. The van der Waals surface area contributed by atoms with E-state index in [-0.39, 0.29) is 12.5 Å². The average molecular weight is 326 g/mol. The van der Waals surface area contributed by atoms with Gasteiger partial charge in [0.15, 0.2) is 0 Å². The lowest BCUT2D eigenvalue weighted by atomic mass is 10.1. The van der Waals surface area contributed by atoms with Crippen molar-refractivity contribution in [1.82, 2.24) is 4.98 Å². The molecule has 0 fully saturated rings. The summed E-state index contributed by atoms with van der Waals surface area (Å²) in [6.45, 7) is 2.27. The first-order valence-corrected chi connectivity index (χ1v) is 7.87. The van der Waals surface area contributed by atoms with Gasteiger partial charge in [-0.2, -0.15) is 0 Å². The van der Waals surface area contributed by atoms with Crippen LogP contribution in [0.25, 0.3) is 0 Å². The molecule has 0 unspecified atom stereocenters. The van der Waals surface area contributed by atoms with Gasteiger partial charge in [0, 0.05) is 11.8 Å². The summed E-state index contributed by atoms with van der Waals surface area (Å²) in [6, 6.07) is 10.0. The maximum atomic E-state index is 13.1. The van der Waals surface area contributed by atoms with E-state index >= 15 is 0 Å². The Kier molecular flexibility index (Phi) is 4.52. The third-order valence-electron chi connectivity index (χ3n) is 3.26. The Morgan fingerprint density at radius 3 is 2.65 bits per heavy atom. The van der Waals surface area contributed by atoms with Gasteiger partial charge in [0.25, 0.3) is 0 Å². The van der Waals surface area contributed by atoms with Crippen molar-refractivity contribution in [3.63, 3.8) is 0 Å². The molecular formula is C17H15FN4S. The molecular weight excluding hydrogens is 311 g/mol. The highest BCUT2D eigenvalue weighted by Gasteiger charge is 2.12. The number of pyridine rings is 1. The SMILES string of the molecule is C/C1=C\C(c2ccc(F)cc2)=NCN=C(c2cccnc2N)S1. The van der Waals surface area contributed by atoms with Crippen LogP contribution in [0, 0.1) is 5.82 Å². The van der Waals surface area contributed by atoms with Crippen molar-refractivity contribution in [1.29, 1.82) is 0 Å². The first-order chi connectivity index (χ1) is 11.1. The van der Waals surface area contributed by atoms with Gasteiger partial charge in [-0.25, -0.2) is 9.37 Å². The maximum absolute atomic E-state index is 13.1. The van der Waals surface area contributed by atoms with Gasteiger partial charge in [-0.1, -0.05) is 11.8 Å². The van der Waals surface area contributed by atoms with E-state index in [1.54, 1.807) is 18.3 Å². The minimum atomic E-state index is -0.261. The van der Waals surface area contributed by atoms with E-state index in [9.17, 15) is 4.39 Å². The van der Waals surface area contributed by atoms with Crippen LogP contribution in [0.15, 0.2) is 63.6 Å². The largest absolute Gasteiger partial charge is 0.383 e. The summed E-state index contributed by atoms with van der Waals surface area (Å²) in [5.41, 5.74) is 8.39. The van der Waals surface area contributed by atoms with Crippen molar-refractivity contribution < 1.29 is 4.39 Å². The van der Waals surface area contributed by atoms with E-state index in [0.29, 0.717) is 5.82 Å². The monoisotopic (exact) mass is 326 g/mol. The van der Waals surface area contributed by atoms with E-state index in [4.69, 9.17) is 5.73 Å². The molecule has 0 atom stereocenters. The number of thioether (sulfide) groups is 1. The smallest absolute Gasteiger partial charge is 0.133 e. The molecule has 2 aromatic rings.